The van der Waals surface area contributed by atoms with Gasteiger partial charge in [0, 0.05) is 12.8 Å². The SMILES string of the molecule is CCCCC/C=C\C/C=C\CCCCCCCCCC(=O)OCC(COP(=O)([O-])OCC[N+](C)(C)C)OC(=O)CCCCCCCCCCCCCC/C=C\C/C=C\C/C=C\CCCCCCC. The van der Waals surface area contributed by atoms with E-state index in [0.29, 0.717) is 17.4 Å². The maximum absolute atomic E-state index is 12.8. The first-order valence-electron chi connectivity index (χ1n) is 28.0. The van der Waals surface area contributed by atoms with Crippen LogP contribution in [0.1, 0.15) is 245 Å². The second kappa shape index (κ2) is 49.7. The highest BCUT2D eigenvalue weighted by molar-refractivity contribution is 7.45. The van der Waals surface area contributed by atoms with Crippen LogP contribution in [-0.2, 0) is 32.7 Å². The molecule has 0 spiro atoms. The van der Waals surface area contributed by atoms with Crippen molar-refractivity contribution in [2.75, 3.05) is 47.5 Å². The van der Waals surface area contributed by atoms with Crippen LogP contribution in [0.15, 0.2) is 60.8 Å². The van der Waals surface area contributed by atoms with Crippen LogP contribution in [0.5, 0.6) is 0 Å². The standard InChI is InChI=1S/C58H106NO8P/c1-6-8-10-12-14-16-18-20-22-24-25-26-27-28-29-30-31-32-33-35-37-39-41-43-45-47-49-51-58(61)67-56(55-66-68(62,63)65-53-52-59(3,4)5)54-64-57(60)50-48-46-44-42-40-38-36-34-23-21-19-17-15-13-11-9-7-2/h15,17-18,20-21,23-25,27-28,56H,6-14,16,19,22,26,29-55H2,1-5H3/b17-15-,20-18-,23-21-,25-24-,28-27-. The van der Waals surface area contributed by atoms with Crippen LogP contribution in [0.4, 0.5) is 0 Å². The number of likely N-dealkylation sites (N-methyl/N-ethyl adjacent to an activating group) is 1. The molecular formula is C58H106NO8P. The van der Waals surface area contributed by atoms with Gasteiger partial charge in [0.1, 0.15) is 19.8 Å². The molecule has 9 nitrogen and oxygen atoms in total. The fourth-order valence-electron chi connectivity index (χ4n) is 7.63. The van der Waals surface area contributed by atoms with E-state index in [9.17, 15) is 19.0 Å². The van der Waals surface area contributed by atoms with Crippen LogP contribution in [0.3, 0.4) is 0 Å². The number of phosphoric ester groups is 1. The number of unbranched alkanes of at least 4 members (excludes halogenated alkanes) is 27. The largest absolute Gasteiger partial charge is 0.756 e. The molecule has 0 fully saturated rings. The van der Waals surface area contributed by atoms with Gasteiger partial charge in [-0.05, 0) is 83.5 Å². The summed E-state index contributed by atoms with van der Waals surface area (Å²) in [6.07, 6.45) is 62.5. The zero-order valence-electron chi connectivity index (χ0n) is 44.8. The molecule has 0 radical (unpaired) electrons. The second-order valence-electron chi connectivity index (χ2n) is 19.9. The Bertz CT molecular complexity index is 1340. The molecule has 0 heterocycles. The van der Waals surface area contributed by atoms with Crippen LogP contribution in [0.25, 0.3) is 0 Å². The van der Waals surface area contributed by atoms with Gasteiger partial charge in [0.25, 0.3) is 7.82 Å². The summed E-state index contributed by atoms with van der Waals surface area (Å²) < 4.78 is 34.1. The van der Waals surface area contributed by atoms with Crippen molar-refractivity contribution in [1.29, 1.82) is 0 Å². The number of ether oxygens (including phenoxy) is 2. The van der Waals surface area contributed by atoms with Crippen molar-refractivity contribution in [3.05, 3.63) is 60.8 Å². The molecule has 0 saturated heterocycles. The fraction of sp³-hybridized carbons (Fsp3) is 0.793. The van der Waals surface area contributed by atoms with Gasteiger partial charge < -0.3 is 27.9 Å². The molecule has 68 heavy (non-hydrogen) atoms. The lowest BCUT2D eigenvalue weighted by molar-refractivity contribution is -0.870. The molecule has 0 aliphatic rings. The van der Waals surface area contributed by atoms with E-state index in [1.165, 1.54) is 141 Å². The van der Waals surface area contributed by atoms with Gasteiger partial charge in [0.15, 0.2) is 6.10 Å². The van der Waals surface area contributed by atoms with Crippen LogP contribution in [0, 0.1) is 0 Å². The van der Waals surface area contributed by atoms with Gasteiger partial charge in [0.05, 0.1) is 27.7 Å². The number of allylic oxidation sites excluding steroid dienone is 10. The van der Waals surface area contributed by atoms with Crippen LogP contribution in [0.2, 0.25) is 0 Å². The van der Waals surface area contributed by atoms with Gasteiger partial charge >= 0.3 is 11.9 Å². The number of hydrogen-bond donors (Lipinski definition) is 0. The van der Waals surface area contributed by atoms with E-state index in [2.05, 4.69) is 74.6 Å². The summed E-state index contributed by atoms with van der Waals surface area (Å²) in [4.78, 5) is 37.8. The minimum Gasteiger partial charge on any atom is -0.756 e. The maximum atomic E-state index is 12.8. The number of esters is 2. The molecule has 2 atom stereocenters. The Morgan fingerprint density at radius 3 is 1.21 bits per heavy atom. The van der Waals surface area contributed by atoms with Crippen molar-refractivity contribution in [2.45, 2.75) is 251 Å². The van der Waals surface area contributed by atoms with E-state index in [1.54, 1.807) is 0 Å². The summed E-state index contributed by atoms with van der Waals surface area (Å²) >= 11 is 0. The molecule has 0 aromatic rings. The smallest absolute Gasteiger partial charge is 0.306 e. The van der Waals surface area contributed by atoms with Gasteiger partial charge in [-0.2, -0.15) is 0 Å². The van der Waals surface area contributed by atoms with E-state index < -0.39 is 32.5 Å². The van der Waals surface area contributed by atoms with Crippen LogP contribution in [-0.4, -0.2) is 70.0 Å². The fourth-order valence-corrected chi connectivity index (χ4v) is 8.36. The summed E-state index contributed by atoms with van der Waals surface area (Å²) in [5.74, 6) is -0.841. The molecule has 0 saturated carbocycles. The average Bonchev–Trinajstić information content (AvgIpc) is 3.30. The lowest BCUT2D eigenvalue weighted by Crippen LogP contribution is -2.37. The van der Waals surface area contributed by atoms with Crippen molar-refractivity contribution in [3.63, 3.8) is 0 Å². The molecule has 0 aromatic carbocycles. The summed E-state index contributed by atoms with van der Waals surface area (Å²) in [5, 5.41) is 0. The highest BCUT2D eigenvalue weighted by Crippen LogP contribution is 2.38. The molecule has 10 heteroatoms. The van der Waals surface area contributed by atoms with Gasteiger partial charge in [-0.25, -0.2) is 0 Å². The molecule has 0 amide bonds. The first-order valence-corrected chi connectivity index (χ1v) is 29.5. The number of carbonyl (C=O) groups is 2. The molecule has 0 aliphatic carbocycles. The Hall–Kier alpha value is -2.29. The Kier molecular flexibility index (Phi) is 48.0. The molecule has 0 aromatic heterocycles. The maximum Gasteiger partial charge on any atom is 0.306 e. The Morgan fingerprint density at radius 1 is 0.456 bits per heavy atom. The van der Waals surface area contributed by atoms with E-state index in [1.807, 2.05) is 21.1 Å². The summed E-state index contributed by atoms with van der Waals surface area (Å²) in [6, 6.07) is 0. The quantitative estimate of drug-likeness (QED) is 0.0195. The molecule has 0 aliphatic heterocycles. The summed E-state index contributed by atoms with van der Waals surface area (Å²) in [6.45, 7) is 4.20. The average molecular weight is 976 g/mol. The minimum atomic E-state index is -4.64. The molecule has 0 rings (SSSR count). The monoisotopic (exact) mass is 976 g/mol. The van der Waals surface area contributed by atoms with Crippen molar-refractivity contribution in [2.24, 2.45) is 0 Å². The number of nitrogens with zero attached hydrogens (tertiary/aromatic N) is 1. The number of hydrogen-bond acceptors (Lipinski definition) is 8. The lowest BCUT2D eigenvalue weighted by Gasteiger charge is -2.28. The van der Waals surface area contributed by atoms with Crippen molar-refractivity contribution >= 4 is 19.8 Å². The third kappa shape index (κ3) is 53.1. The number of carbonyl (C=O) groups excluding carboxylic acids is 2. The van der Waals surface area contributed by atoms with Gasteiger partial charge in [0.2, 0.25) is 0 Å². The summed E-state index contributed by atoms with van der Waals surface area (Å²) in [7, 11) is 1.16. The second-order valence-corrected chi connectivity index (χ2v) is 21.4. The molecule has 2 unspecified atom stereocenters. The number of phosphoric acid groups is 1. The number of quaternary nitrogens is 1. The van der Waals surface area contributed by atoms with E-state index >= 15 is 0 Å². The first-order chi connectivity index (χ1) is 33.0. The normalized spacial score (nSPS) is 13.8. The third-order valence-electron chi connectivity index (χ3n) is 12.0. The van der Waals surface area contributed by atoms with Gasteiger partial charge in [-0.3, -0.25) is 14.2 Å². The highest BCUT2D eigenvalue weighted by atomic mass is 31.2. The van der Waals surface area contributed by atoms with E-state index in [0.717, 1.165) is 70.6 Å². The Morgan fingerprint density at radius 2 is 0.794 bits per heavy atom. The summed E-state index contributed by atoms with van der Waals surface area (Å²) in [5.41, 5.74) is 0. The molecule has 396 valence electrons. The zero-order chi connectivity index (χ0) is 49.9. The third-order valence-corrected chi connectivity index (χ3v) is 13.0. The molecular weight excluding hydrogens is 870 g/mol. The van der Waals surface area contributed by atoms with Crippen LogP contribution >= 0.6 is 7.82 Å². The number of rotatable bonds is 51. The first kappa shape index (κ1) is 65.7. The van der Waals surface area contributed by atoms with Crippen molar-refractivity contribution < 1.29 is 42.1 Å². The minimum absolute atomic E-state index is 0.0341. The van der Waals surface area contributed by atoms with E-state index in [-0.39, 0.29) is 26.1 Å². The highest BCUT2D eigenvalue weighted by Gasteiger charge is 2.21. The predicted molar refractivity (Wildman–Crippen MR) is 287 cm³/mol. The topological polar surface area (TPSA) is 111 Å². The Labute approximate surface area is 419 Å². The van der Waals surface area contributed by atoms with Gasteiger partial charge in [-0.1, -0.05) is 209 Å². The van der Waals surface area contributed by atoms with Crippen molar-refractivity contribution in [3.8, 4) is 0 Å². The van der Waals surface area contributed by atoms with Crippen LogP contribution < -0.4 is 4.89 Å². The zero-order valence-corrected chi connectivity index (χ0v) is 45.7. The van der Waals surface area contributed by atoms with Crippen molar-refractivity contribution in [1.82, 2.24) is 0 Å². The molecule has 0 bridgehead atoms. The predicted octanol–water partition coefficient (Wildman–Crippen LogP) is 16.5. The lowest BCUT2D eigenvalue weighted by atomic mass is 10.0. The molecule has 0 N–H and O–H groups in total. The van der Waals surface area contributed by atoms with E-state index in [4.69, 9.17) is 18.5 Å². The Balaban J connectivity index is 4.18. The van der Waals surface area contributed by atoms with Gasteiger partial charge in [-0.15, -0.1) is 0 Å².